The van der Waals surface area contributed by atoms with Crippen molar-refractivity contribution in [2.24, 2.45) is 0 Å². The van der Waals surface area contributed by atoms with Gasteiger partial charge in [-0.25, -0.2) is 4.98 Å². The summed E-state index contributed by atoms with van der Waals surface area (Å²) >= 11 is 0. The number of pyridine rings is 1. The number of hydrogen-bond acceptors (Lipinski definition) is 4. The summed E-state index contributed by atoms with van der Waals surface area (Å²) in [5, 5.41) is 3.21. The van der Waals surface area contributed by atoms with Gasteiger partial charge in [0.05, 0.1) is 5.69 Å². The number of nitrogens with zero attached hydrogens (tertiary/aromatic N) is 2. The van der Waals surface area contributed by atoms with E-state index in [1.807, 2.05) is 18.2 Å². The van der Waals surface area contributed by atoms with Crippen LogP contribution in [0.2, 0.25) is 0 Å². The molecule has 2 aromatic rings. The molecule has 0 spiro atoms. The van der Waals surface area contributed by atoms with Crippen LogP contribution in [0.3, 0.4) is 0 Å². The van der Waals surface area contributed by atoms with Gasteiger partial charge in [0.15, 0.2) is 5.82 Å². The summed E-state index contributed by atoms with van der Waals surface area (Å²) in [6, 6.07) is 5.54. The van der Waals surface area contributed by atoms with E-state index in [4.69, 9.17) is 0 Å². The largest absolute Gasteiger partial charge is 0.311 e. The zero-order valence-corrected chi connectivity index (χ0v) is 9.23. The number of H-pyrrole nitrogens is 1. The van der Waals surface area contributed by atoms with E-state index in [1.165, 1.54) is 0 Å². The predicted molar refractivity (Wildman–Crippen MR) is 63.5 cm³/mol. The molecule has 1 aliphatic heterocycles. The fourth-order valence-corrected chi connectivity index (χ4v) is 1.99. The van der Waals surface area contributed by atoms with Crippen molar-refractivity contribution in [2.45, 2.75) is 13.0 Å². The fraction of sp³-hybridized carbons (Fsp3) is 0.250. The molecule has 0 aliphatic carbocycles. The molecule has 3 rings (SSSR count). The summed E-state index contributed by atoms with van der Waals surface area (Å²) in [5.74, 6) is 0.540. The van der Waals surface area contributed by atoms with Crippen LogP contribution in [0.1, 0.15) is 11.3 Å². The van der Waals surface area contributed by atoms with E-state index in [1.54, 1.807) is 6.20 Å². The monoisotopic (exact) mass is 228 g/mol. The van der Waals surface area contributed by atoms with Crippen LogP contribution in [-0.2, 0) is 13.0 Å². The van der Waals surface area contributed by atoms with Gasteiger partial charge in [-0.15, -0.1) is 0 Å². The average Bonchev–Trinajstić information content (AvgIpc) is 2.40. The highest BCUT2D eigenvalue weighted by atomic mass is 16.1. The topological polar surface area (TPSA) is 70.7 Å². The minimum atomic E-state index is -0.0443. The molecule has 0 atom stereocenters. The van der Waals surface area contributed by atoms with Gasteiger partial charge in [-0.3, -0.25) is 9.78 Å². The molecule has 0 bridgehead atoms. The van der Waals surface area contributed by atoms with E-state index >= 15 is 0 Å². The Morgan fingerprint density at radius 2 is 2.24 bits per heavy atom. The van der Waals surface area contributed by atoms with Gasteiger partial charge >= 0.3 is 0 Å². The lowest BCUT2D eigenvalue weighted by molar-refractivity contribution is 0.619. The molecule has 0 saturated carbocycles. The van der Waals surface area contributed by atoms with E-state index in [-0.39, 0.29) is 5.56 Å². The highest BCUT2D eigenvalue weighted by Crippen LogP contribution is 2.13. The average molecular weight is 228 g/mol. The van der Waals surface area contributed by atoms with Crippen LogP contribution in [0.15, 0.2) is 29.2 Å². The number of hydrogen-bond donors (Lipinski definition) is 2. The maximum atomic E-state index is 11.9. The van der Waals surface area contributed by atoms with Crippen LogP contribution < -0.4 is 10.9 Å². The van der Waals surface area contributed by atoms with Crippen LogP contribution in [0.4, 0.5) is 0 Å². The third-order valence-corrected chi connectivity index (χ3v) is 2.85. The second-order valence-electron chi connectivity index (χ2n) is 3.98. The lowest BCUT2D eigenvalue weighted by Crippen LogP contribution is -2.31. The minimum Gasteiger partial charge on any atom is -0.311 e. The van der Waals surface area contributed by atoms with Crippen molar-refractivity contribution in [1.82, 2.24) is 20.3 Å². The quantitative estimate of drug-likeness (QED) is 0.744. The highest BCUT2D eigenvalue weighted by molar-refractivity contribution is 5.49. The second-order valence-corrected chi connectivity index (χ2v) is 3.98. The normalized spacial score (nSPS) is 14.4. The molecule has 0 fully saturated rings. The van der Waals surface area contributed by atoms with Crippen molar-refractivity contribution >= 4 is 0 Å². The number of fused-ring (bicyclic) bond motifs is 1. The molecule has 0 radical (unpaired) electrons. The molecule has 5 nitrogen and oxygen atoms in total. The summed E-state index contributed by atoms with van der Waals surface area (Å²) in [6.45, 7) is 1.49. The van der Waals surface area contributed by atoms with Gasteiger partial charge in [0, 0.05) is 18.3 Å². The zero-order chi connectivity index (χ0) is 11.7. The summed E-state index contributed by atoms with van der Waals surface area (Å²) in [7, 11) is 0. The van der Waals surface area contributed by atoms with Crippen molar-refractivity contribution in [3.63, 3.8) is 0 Å². The van der Waals surface area contributed by atoms with Crippen LogP contribution in [0, 0.1) is 0 Å². The standard InChI is InChI=1S/C12H12N4O/c17-12-8-4-6-13-7-10(8)15-11(16-12)9-3-1-2-5-14-9/h1-3,5,13H,4,6-7H2,(H,15,16,17). The van der Waals surface area contributed by atoms with Gasteiger partial charge in [-0.2, -0.15) is 0 Å². The van der Waals surface area contributed by atoms with Crippen LogP contribution in [0.5, 0.6) is 0 Å². The smallest absolute Gasteiger partial charge is 0.254 e. The predicted octanol–water partition coefficient (Wildman–Crippen LogP) is 0.478. The summed E-state index contributed by atoms with van der Waals surface area (Å²) in [6.07, 6.45) is 2.42. The minimum absolute atomic E-state index is 0.0443. The number of rotatable bonds is 1. The van der Waals surface area contributed by atoms with Crippen molar-refractivity contribution < 1.29 is 0 Å². The Balaban J connectivity index is 2.14. The summed E-state index contributed by atoms with van der Waals surface area (Å²) < 4.78 is 0. The molecule has 3 heterocycles. The Hall–Kier alpha value is -2.01. The van der Waals surface area contributed by atoms with Crippen molar-refractivity contribution in [3.8, 4) is 11.5 Å². The molecular weight excluding hydrogens is 216 g/mol. The molecule has 86 valence electrons. The Labute approximate surface area is 97.9 Å². The van der Waals surface area contributed by atoms with Gasteiger partial charge in [0.1, 0.15) is 5.69 Å². The molecule has 1 aliphatic rings. The van der Waals surface area contributed by atoms with E-state index in [9.17, 15) is 4.79 Å². The molecule has 0 saturated heterocycles. The zero-order valence-electron chi connectivity index (χ0n) is 9.23. The Morgan fingerprint density at radius 3 is 3.06 bits per heavy atom. The molecule has 2 N–H and O–H groups in total. The number of aromatic nitrogens is 3. The maximum absolute atomic E-state index is 11.9. The first-order valence-corrected chi connectivity index (χ1v) is 5.59. The van der Waals surface area contributed by atoms with Crippen LogP contribution in [0.25, 0.3) is 11.5 Å². The van der Waals surface area contributed by atoms with E-state index in [0.29, 0.717) is 18.1 Å². The first kappa shape index (κ1) is 10.2. The van der Waals surface area contributed by atoms with Crippen molar-refractivity contribution in [3.05, 3.63) is 46.0 Å². The molecular formula is C12H12N4O. The lowest BCUT2D eigenvalue weighted by Gasteiger charge is -2.15. The van der Waals surface area contributed by atoms with E-state index in [0.717, 1.165) is 24.2 Å². The molecule has 17 heavy (non-hydrogen) atoms. The Kier molecular flexibility index (Phi) is 2.45. The number of aromatic amines is 1. The lowest BCUT2D eigenvalue weighted by atomic mass is 10.1. The van der Waals surface area contributed by atoms with E-state index < -0.39 is 0 Å². The molecule has 5 heteroatoms. The maximum Gasteiger partial charge on any atom is 0.254 e. The molecule has 0 aromatic carbocycles. The van der Waals surface area contributed by atoms with Gasteiger partial charge in [0.2, 0.25) is 0 Å². The SMILES string of the molecule is O=c1[nH]c(-c2ccccn2)nc2c1CCNC2. The number of nitrogens with one attached hydrogen (secondary N) is 2. The summed E-state index contributed by atoms with van der Waals surface area (Å²) in [5.41, 5.74) is 2.28. The van der Waals surface area contributed by atoms with Crippen LogP contribution >= 0.6 is 0 Å². The molecule has 2 aromatic heterocycles. The third-order valence-electron chi connectivity index (χ3n) is 2.85. The van der Waals surface area contributed by atoms with Gasteiger partial charge < -0.3 is 10.3 Å². The molecule has 0 unspecified atom stereocenters. The Bertz CT molecular complexity index is 591. The van der Waals surface area contributed by atoms with E-state index in [2.05, 4.69) is 20.3 Å². The third kappa shape index (κ3) is 1.85. The van der Waals surface area contributed by atoms with Gasteiger partial charge in [0.25, 0.3) is 5.56 Å². The van der Waals surface area contributed by atoms with Gasteiger partial charge in [-0.05, 0) is 25.1 Å². The molecule has 0 amide bonds. The van der Waals surface area contributed by atoms with Crippen LogP contribution in [-0.4, -0.2) is 21.5 Å². The first-order chi connectivity index (χ1) is 8.34. The highest BCUT2D eigenvalue weighted by Gasteiger charge is 2.15. The second kappa shape index (κ2) is 4.10. The van der Waals surface area contributed by atoms with Gasteiger partial charge in [-0.1, -0.05) is 6.07 Å². The summed E-state index contributed by atoms with van der Waals surface area (Å²) in [4.78, 5) is 23.4. The van der Waals surface area contributed by atoms with Crippen molar-refractivity contribution in [1.29, 1.82) is 0 Å². The Morgan fingerprint density at radius 1 is 1.29 bits per heavy atom. The fourth-order valence-electron chi connectivity index (χ4n) is 1.99. The van der Waals surface area contributed by atoms with Crippen molar-refractivity contribution in [2.75, 3.05) is 6.54 Å². The first-order valence-electron chi connectivity index (χ1n) is 5.59.